The van der Waals surface area contributed by atoms with Crippen LogP contribution in [-0.4, -0.2) is 35.4 Å². The Bertz CT molecular complexity index is 1240. The molecule has 0 saturated carbocycles. The number of anilines is 1. The monoisotopic (exact) mass is 466 g/mol. The maximum Gasteiger partial charge on any atom is 0.187 e. The SMILES string of the molecule is COc1cc(OC)c(Cl)c(-c2cc3cnc(SC)nc3c(NCc3ccccc3)n2)c1C. The van der Waals surface area contributed by atoms with Gasteiger partial charge in [0.05, 0.1) is 24.9 Å². The smallest absolute Gasteiger partial charge is 0.187 e. The molecule has 2 aromatic heterocycles. The minimum absolute atomic E-state index is 0.480. The second-order valence-corrected chi connectivity index (χ2v) is 8.24. The average molecular weight is 467 g/mol. The zero-order valence-corrected chi connectivity index (χ0v) is 19.8. The number of benzene rings is 2. The summed E-state index contributed by atoms with van der Waals surface area (Å²) < 4.78 is 11.0. The molecule has 32 heavy (non-hydrogen) atoms. The number of nitrogens with zero attached hydrogens (tertiary/aromatic N) is 3. The zero-order valence-electron chi connectivity index (χ0n) is 18.3. The Morgan fingerprint density at radius 3 is 2.47 bits per heavy atom. The predicted octanol–water partition coefficient (Wildman–Crippen LogP) is 6.00. The quantitative estimate of drug-likeness (QED) is 0.264. The van der Waals surface area contributed by atoms with Gasteiger partial charge in [-0.1, -0.05) is 53.7 Å². The molecule has 0 aliphatic heterocycles. The largest absolute Gasteiger partial charge is 0.496 e. The standard InChI is InChI=1S/C24H23ClN4O2S/c1-14-18(30-2)11-19(31-3)21(25)20(14)17-10-16-13-27-24(32-4)29-22(16)23(28-17)26-12-15-8-6-5-7-9-15/h5-11,13H,12H2,1-4H3,(H,26,28). The van der Waals surface area contributed by atoms with Crippen LogP contribution in [0, 0.1) is 6.92 Å². The molecule has 0 fully saturated rings. The van der Waals surface area contributed by atoms with Crippen molar-refractivity contribution in [3.05, 3.63) is 64.8 Å². The van der Waals surface area contributed by atoms with Crippen LogP contribution in [0.5, 0.6) is 11.5 Å². The molecule has 2 heterocycles. The van der Waals surface area contributed by atoms with Gasteiger partial charge in [-0.25, -0.2) is 15.0 Å². The Morgan fingerprint density at radius 1 is 1.03 bits per heavy atom. The molecule has 0 aliphatic rings. The third-order valence-electron chi connectivity index (χ3n) is 5.17. The molecule has 0 saturated heterocycles. The topological polar surface area (TPSA) is 69.2 Å². The molecule has 0 aliphatic carbocycles. The number of thioether (sulfide) groups is 1. The first-order valence-corrected chi connectivity index (χ1v) is 11.6. The van der Waals surface area contributed by atoms with Crippen molar-refractivity contribution >= 4 is 40.1 Å². The number of pyridine rings is 1. The van der Waals surface area contributed by atoms with Crippen LogP contribution >= 0.6 is 23.4 Å². The third kappa shape index (κ3) is 4.31. The maximum atomic E-state index is 6.73. The van der Waals surface area contributed by atoms with Gasteiger partial charge < -0.3 is 14.8 Å². The highest BCUT2D eigenvalue weighted by atomic mass is 35.5. The highest BCUT2D eigenvalue weighted by Crippen LogP contribution is 2.43. The number of hydrogen-bond acceptors (Lipinski definition) is 7. The van der Waals surface area contributed by atoms with Crippen LogP contribution in [0.15, 0.2) is 53.8 Å². The molecule has 0 bridgehead atoms. The summed E-state index contributed by atoms with van der Waals surface area (Å²) in [6.45, 7) is 2.56. The average Bonchev–Trinajstić information content (AvgIpc) is 2.83. The highest BCUT2D eigenvalue weighted by Gasteiger charge is 2.20. The van der Waals surface area contributed by atoms with Gasteiger partial charge in [-0.2, -0.15) is 0 Å². The Kier molecular flexibility index (Phi) is 6.67. The van der Waals surface area contributed by atoms with Crippen molar-refractivity contribution in [2.75, 3.05) is 25.8 Å². The van der Waals surface area contributed by atoms with Gasteiger partial charge in [-0.3, -0.25) is 0 Å². The summed E-state index contributed by atoms with van der Waals surface area (Å²) in [6.07, 6.45) is 3.76. The van der Waals surface area contributed by atoms with Gasteiger partial charge in [0.25, 0.3) is 0 Å². The van der Waals surface area contributed by atoms with Crippen LogP contribution in [0.25, 0.3) is 22.2 Å². The Hall–Kier alpha value is -3.03. The first kappa shape index (κ1) is 22.2. The van der Waals surface area contributed by atoms with Gasteiger partial charge in [-0.15, -0.1) is 0 Å². The van der Waals surface area contributed by atoms with Gasteiger partial charge in [-0.05, 0) is 24.8 Å². The first-order chi connectivity index (χ1) is 15.5. The third-order valence-corrected chi connectivity index (χ3v) is 6.10. The van der Waals surface area contributed by atoms with Crippen molar-refractivity contribution in [2.24, 2.45) is 0 Å². The summed E-state index contributed by atoms with van der Waals surface area (Å²) in [5.74, 6) is 1.87. The summed E-state index contributed by atoms with van der Waals surface area (Å²) in [4.78, 5) is 14.1. The summed E-state index contributed by atoms with van der Waals surface area (Å²) in [5.41, 5.74) is 4.22. The van der Waals surface area contributed by atoms with Crippen molar-refractivity contribution in [3.8, 4) is 22.8 Å². The second kappa shape index (κ2) is 9.63. The van der Waals surface area contributed by atoms with Crippen molar-refractivity contribution in [1.29, 1.82) is 0 Å². The number of fused-ring (bicyclic) bond motifs is 1. The molecule has 8 heteroatoms. The lowest BCUT2D eigenvalue weighted by molar-refractivity contribution is 0.393. The molecule has 0 unspecified atom stereocenters. The Morgan fingerprint density at radius 2 is 1.78 bits per heavy atom. The van der Waals surface area contributed by atoms with E-state index in [1.54, 1.807) is 20.3 Å². The van der Waals surface area contributed by atoms with Gasteiger partial charge in [0.1, 0.15) is 17.0 Å². The van der Waals surface area contributed by atoms with E-state index in [4.69, 9.17) is 31.0 Å². The molecule has 4 aromatic rings. The van der Waals surface area contributed by atoms with E-state index in [1.165, 1.54) is 11.8 Å². The number of hydrogen-bond donors (Lipinski definition) is 1. The predicted molar refractivity (Wildman–Crippen MR) is 131 cm³/mol. The van der Waals surface area contributed by atoms with E-state index in [9.17, 15) is 0 Å². The molecule has 0 amide bonds. The molecule has 2 aromatic carbocycles. The van der Waals surface area contributed by atoms with Crippen molar-refractivity contribution < 1.29 is 9.47 Å². The number of ether oxygens (including phenoxy) is 2. The lowest BCUT2D eigenvalue weighted by Crippen LogP contribution is -2.05. The fraction of sp³-hybridized carbons (Fsp3) is 0.208. The number of rotatable bonds is 7. The van der Waals surface area contributed by atoms with E-state index in [2.05, 4.69) is 22.4 Å². The van der Waals surface area contributed by atoms with Gasteiger partial charge in [0, 0.05) is 35.3 Å². The zero-order chi connectivity index (χ0) is 22.7. The number of nitrogens with one attached hydrogen (secondary N) is 1. The number of methoxy groups -OCH3 is 2. The van der Waals surface area contributed by atoms with Gasteiger partial charge in [0.15, 0.2) is 11.0 Å². The molecule has 1 N–H and O–H groups in total. The molecule has 0 spiro atoms. The molecule has 164 valence electrons. The minimum Gasteiger partial charge on any atom is -0.496 e. The molecular formula is C24H23ClN4O2S. The number of halogens is 1. The van der Waals surface area contributed by atoms with Crippen LogP contribution in [0.2, 0.25) is 5.02 Å². The molecule has 0 radical (unpaired) electrons. The minimum atomic E-state index is 0.480. The highest BCUT2D eigenvalue weighted by molar-refractivity contribution is 7.98. The Balaban J connectivity index is 1.90. The number of aromatic nitrogens is 3. The molecule has 0 atom stereocenters. The summed E-state index contributed by atoms with van der Waals surface area (Å²) in [7, 11) is 3.20. The summed E-state index contributed by atoms with van der Waals surface area (Å²) in [6, 6.07) is 13.9. The van der Waals surface area contributed by atoms with Crippen LogP contribution in [0.1, 0.15) is 11.1 Å². The first-order valence-electron chi connectivity index (χ1n) is 9.96. The van der Waals surface area contributed by atoms with Crippen molar-refractivity contribution in [3.63, 3.8) is 0 Å². The summed E-state index contributed by atoms with van der Waals surface area (Å²) in [5, 5.41) is 5.47. The van der Waals surface area contributed by atoms with Crippen LogP contribution < -0.4 is 14.8 Å². The fourth-order valence-corrected chi connectivity index (χ4v) is 4.23. The van der Waals surface area contributed by atoms with Gasteiger partial charge in [0.2, 0.25) is 0 Å². The second-order valence-electron chi connectivity index (χ2n) is 7.08. The maximum absolute atomic E-state index is 6.73. The van der Waals surface area contributed by atoms with Crippen LogP contribution in [-0.2, 0) is 6.54 Å². The van der Waals surface area contributed by atoms with Crippen LogP contribution in [0.3, 0.4) is 0 Å². The normalized spacial score (nSPS) is 10.9. The van der Waals surface area contributed by atoms with E-state index in [-0.39, 0.29) is 0 Å². The van der Waals surface area contributed by atoms with Crippen molar-refractivity contribution in [1.82, 2.24) is 15.0 Å². The van der Waals surface area contributed by atoms with E-state index in [0.29, 0.717) is 39.7 Å². The van der Waals surface area contributed by atoms with Crippen molar-refractivity contribution in [2.45, 2.75) is 18.6 Å². The molecule has 4 rings (SSSR count). The van der Waals surface area contributed by atoms with Crippen LogP contribution in [0.4, 0.5) is 5.82 Å². The molecule has 6 nitrogen and oxygen atoms in total. The van der Waals surface area contributed by atoms with E-state index in [0.717, 1.165) is 27.6 Å². The lowest BCUT2D eigenvalue weighted by Gasteiger charge is -2.17. The van der Waals surface area contributed by atoms with E-state index in [1.807, 2.05) is 43.6 Å². The fourth-order valence-electron chi connectivity index (χ4n) is 3.52. The summed E-state index contributed by atoms with van der Waals surface area (Å²) >= 11 is 8.22. The van der Waals surface area contributed by atoms with Gasteiger partial charge >= 0.3 is 0 Å². The lowest BCUT2D eigenvalue weighted by atomic mass is 10.0. The van der Waals surface area contributed by atoms with E-state index < -0.39 is 0 Å². The van der Waals surface area contributed by atoms with E-state index >= 15 is 0 Å². The Labute approximate surface area is 196 Å². The molecular weight excluding hydrogens is 444 g/mol.